The van der Waals surface area contributed by atoms with Crippen molar-refractivity contribution in [2.45, 2.75) is 25.8 Å². The fourth-order valence-corrected chi connectivity index (χ4v) is 2.61. The summed E-state index contributed by atoms with van der Waals surface area (Å²) in [5, 5.41) is 7.00. The lowest BCUT2D eigenvalue weighted by atomic mass is 9.98. The van der Waals surface area contributed by atoms with Crippen LogP contribution in [0.15, 0.2) is 24.3 Å². The first-order valence-corrected chi connectivity index (χ1v) is 6.82. The Balaban J connectivity index is 1.96. The van der Waals surface area contributed by atoms with E-state index in [1.165, 1.54) is 0 Å². The van der Waals surface area contributed by atoms with E-state index in [2.05, 4.69) is 10.6 Å². The molecule has 0 radical (unpaired) electrons. The van der Waals surface area contributed by atoms with E-state index in [0.29, 0.717) is 5.02 Å². The van der Waals surface area contributed by atoms with Gasteiger partial charge in [-0.25, -0.2) is 0 Å². The molecule has 0 aromatic heterocycles. The molecule has 1 saturated heterocycles. The van der Waals surface area contributed by atoms with Crippen molar-refractivity contribution in [3.8, 4) is 0 Å². The maximum Gasteiger partial charge on any atom is 0.224 e. The molecule has 0 bridgehead atoms. The third-order valence-electron chi connectivity index (χ3n) is 3.40. The predicted octanol–water partition coefficient (Wildman–Crippen LogP) is 2.52. The number of halogens is 1. The summed E-state index contributed by atoms with van der Waals surface area (Å²) in [6, 6.07) is 7.58. The second-order valence-corrected chi connectivity index (χ2v) is 5.20. The Labute approximate surface area is 113 Å². The number of carbonyl (C=O) groups excluding carboxylic acids is 1. The van der Waals surface area contributed by atoms with Crippen molar-refractivity contribution in [1.29, 1.82) is 0 Å². The molecule has 98 valence electrons. The van der Waals surface area contributed by atoms with Gasteiger partial charge in [0.25, 0.3) is 0 Å². The summed E-state index contributed by atoms with van der Waals surface area (Å²) in [6.45, 7) is 3.76. The fraction of sp³-hybridized carbons (Fsp3) is 0.500. The average molecular weight is 267 g/mol. The van der Waals surface area contributed by atoms with E-state index in [9.17, 15) is 4.79 Å². The molecule has 1 amide bonds. The van der Waals surface area contributed by atoms with Gasteiger partial charge in [-0.15, -0.1) is 0 Å². The summed E-state index contributed by atoms with van der Waals surface area (Å²) >= 11 is 6.12. The summed E-state index contributed by atoms with van der Waals surface area (Å²) in [6.07, 6.45) is 2.03. The van der Waals surface area contributed by atoms with Gasteiger partial charge in [0.15, 0.2) is 0 Å². The SMILES string of the molecule is C[C@@H](NC(=O)[C@H]1CCCNC1)c1ccccc1Cl. The Morgan fingerprint density at radius 2 is 2.28 bits per heavy atom. The Hall–Kier alpha value is -1.06. The van der Waals surface area contributed by atoms with Crippen molar-refractivity contribution in [2.24, 2.45) is 5.92 Å². The van der Waals surface area contributed by atoms with E-state index >= 15 is 0 Å². The van der Waals surface area contributed by atoms with Crippen LogP contribution in [0.2, 0.25) is 5.02 Å². The molecular formula is C14H19ClN2O. The van der Waals surface area contributed by atoms with Crippen LogP contribution in [-0.2, 0) is 4.79 Å². The summed E-state index contributed by atoms with van der Waals surface area (Å²) < 4.78 is 0. The number of amides is 1. The van der Waals surface area contributed by atoms with E-state index in [-0.39, 0.29) is 17.9 Å². The molecule has 18 heavy (non-hydrogen) atoms. The first-order valence-electron chi connectivity index (χ1n) is 6.44. The Morgan fingerprint density at radius 1 is 1.50 bits per heavy atom. The van der Waals surface area contributed by atoms with Crippen LogP contribution in [0.4, 0.5) is 0 Å². The number of benzene rings is 1. The first kappa shape index (κ1) is 13.4. The molecule has 0 saturated carbocycles. The molecule has 0 unspecified atom stereocenters. The Bertz CT molecular complexity index is 416. The molecule has 1 aromatic rings. The van der Waals surface area contributed by atoms with Crippen LogP contribution in [-0.4, -0.2) is 19.0 Å². The quantitative estimate of drug-likeness (QED) is 0.883. The van der Waals surface area contributed by atoms with Gasteiger partial charge in [-0.3, -0.25) is 4.79 Å². The molecule has 1 aliphatic heterocycles. The summed E-state index contributed by atoms with van der Waals surface area (Å²) in [5.74, 6) is 0.207. The number of hydrogen-bond acceptors (Lipinski definition) is 2. The van der Waals surface area contributed by atoms with Crippen LogP contribution in [0, 0.1) is 5.92 Å². The fourth-order valence-electron chi connectivity index (χ4n) is 2.31. The number of piperidine rings is 1. The van der Waals surface area contributed by atoms with Crippen molar-refractivity contribution in [2.75, 3.05) is 13.1 Å². The Morgan fingerprint density at radius 3 is 2.94 bits per heavy atom. The topological polar surface area (TPSA) is 41.1 Å². The normalized spacial score (nSPS) is 21.3. The molecule has 1 aliphatic rings. The van der Waals surface area contributed by atoms with E-state index in [4.69, 9.17) is 11.6 Å². The van der Waals surface area contributed by atoms with Gasteiger partial charge in [-0.2, -0.15) is 0 Å². The van der Waals surface area contributed by atoms with Gasteiger partial charge < -0.3 is 10.6 Å². The van der Waals surface area contributed by atoms with Gasteiger partial charge in [-0.1, -0.05) is 29.8 Å². The highest BCUT2D eigenvalue weighted by atomic mass is 35.5. The molecule has 2 rings (SSSR count). The van der Waals surface area contributed by atoms with E-state index in [0.717, 1.165) is 31.5 Å². The van der Waals surface area contributed by atoms with Gasteiger partial charge in [0.1, 0.15) is 0 Å². The molecule has 2 atom stereocenters. The molecular weight excluding hydrogens is 248 g/mol. The molecule has 4 heteroatoms. The van der Waals surface area contributed by atoms with Crippen LogP contribution < -0.4 is 10.6 Å². The maximum absolute atomic E-state index is 12.1. The number of carbonyl (C=O) groups is 1. The Kier molecular flexibility index (Phi) is 4.61. The van der Waals surface area contributed by atoms with E-state index < -0.39 is 0 Å². The zero-order valence-electron chi connectivity index (χ0n) is 10.6. The highest BCUT2D eigenvalue weighted by Gasteiger charge is 2.22. The van der Waals surface area contributed by atoms with Crippen LogP contribution in [0.1, 0.15) is 31.4 Å². The zero-order valence-corrected chi connectivity index (χ0v) is 11.3. The van der Waals surface area contributed by atoms with E-state index in [1.54, 1.807) is 0 Å². The zero-order chi connectivity index (χ0) is 13.0. The minimum atomic E-state index is -0.0480. The lowest BCUT2D eigenvalue weighted by molar-refractivity contribution is -0.126. The number of rotatable bonds is 3. The third-order valence-corrected chi connectivity index (χ3v) is 3.74. The van der Waals surface area contributed by atoms with Crippen molar-refractivity contribution in [1.82, 2.24) is 10.6 Å². The van der Waals surface area contributed by atoms with Crippen LogP contribution >= 0.6 is 11.6 Å². The first-order chi connectivity index (χ1) is 8.68. The monoisotopic (exact) mass is 266 g/mol. The van der Waals surface area contributed by atoms with Crippen molar-refractivity contribution >= 4 is 17.5 Å². The van der Waals surface area contributed by atoms with E-state index in [1.807, 2.05) is 31.2 Å². The van der Waals surface area contributed by atoms with Gasteiger partial charge in [0.05, 0.1) is 12.0 Å². The molecule has 0 aliphatic carbocycles. The summed E-state index contributed by atoms with van der Waals surface area (Å²) in [7, 11) is 0. The predicted molar refractivity (Wildman–Crippen MR) is 73.6 cm³/mol. The molecule has 3 nitrogen and oxygen atoms in total. The smallest absolute Gasteiger partial charge is 0.224 e. The molecule has 2 N–H and O–H groups in total. The number of nitrogens with one attached hydrogen (secondary N) is 2. The highest BCUT2D eigenvalue weighted by Crippen LogP contribution is 2.22. The average Bonchev–Trinajstić information content (AvgIpc) is 2.40. The molecule has 1 fully saturated rings. The summed E-state index contributed by atoms with van der Waals surface area (Å²) in [4.78, 5) is 12.1. The van der Waals surface area contributed by atoms with Gasteiger partial charge in [0.2, 0.25) is 5.91 Å². The summed E-state index contributed by atoms with van der Waals surface area (Å²) in [5.41, 5.74) is 0.969. The van der Waals surface area contributed by atoms with Gasteiger partial charge in [0, 0.05) is 11.6 Å². The van der Waals surface area contributed by atoms with Crippen molar-refractivity contribution < 1.29 is 4.79 Å². The standard InChI is InChI=1S/C14H19ClN2O/c1-10(12-6-2-3-7-13(12)15)17-14(18)11-5-4-8-16-9-11/h2-3,6-7,10-11,16H,4-5,8-9H2,1H3,(H,17,18)/t10-,11+/m1/s1. The van der Waals surface area contributed by atoms with Crippen LogP contribution in [0.3, 0.4) is 0 Å². The second-order valence-electron chi connectivity index (χ2n) is 4.80. The lowest BCUT2D eigenvalue weighted by Gasteiger charge is -2.24. The molecule has 1 aromatic carbocycles. The lowest BCUT2D eigenvalue weighted by Crippen LogP contribution is -2.41. The second kappa shape index (κ2) is 6.21. The van der Waals surface area contributed by atoms with Crippen LogP contribution in [0.5, 0.6) is 0 Å². The van der Waals surface area contributed by atoms with Gasteiger partial charge in [-0.05, 0) is 37.9 Å². The van der Waals surface area contributed by atoms with Crippen molar-refractivity contribution in [3.63, 3.8) is 0 Å². The highest BCUT2D eigenvalue weighted by molar-refractivity contribution is 6.31. The third kappa shape index (κ3) is 3.24. The van der Waals surface area contributed by atoms with Crippen LogP contribution in [0.25, 0.3) is 0 Å². The maximum atomic E-state index is 12.1. The minimum absolute atomic E-state index is 0.0480. The number of hydrogen-bond donors (Lipinski definition) is 2. The van der Waals surface area contributed by atoms with Crippen molar-refractivity contribution in [3.05, 3.63) is 34.9 Å². The largest absolute Gasteiger partial charge is 0.349 e. The minimum Gasteiger partial charge on any atom is -0.349 e. The van der Waals surface area contributed by atoms with Gasteiger partial charge >= 0.3 is 0 Å². The molecule has 0 spiro atoms. The molecule has 1 heterocycles.